The van der Waals surface area contributed by atoms with Crippen molar-refractivity contribution < 1.29 is 49.5 Å². The highest BCUT2D eigenvalue weighted by atomic mass is 16.7. The zero-order chi connectivity index (χ0) is 27.4. The summed E-state index contributed by atoms with van der Waals surface area (Å²) in [5.74, 6) is -1.79. The second-order valence-electron chi connectivity index (χ2n) is 9.23. The Hall–Kier alpha value is -3.75. The molecule has 4 rings (SSSR count). The van der Waals surface area contributed by atoms with Crippen LogP contribution in [0, 0.1) is 0 Å². The molecule has 0 saturated carbocycles. The van der Waals surface area contributed by atoms with Crippen molar-refractivity contribution in [2.75, 3.05) is 13.2 Å². The van der Waals surface area contributed by atoms with Crippen molar-refractivity contribution in [1.82, 2.24) is 15.7 Å². The predicted molar refractivity (Wildman–Crippen MR) is 128 cm³/mol. The molecular formula is C25H29N3O10. The first kappa shape index (κ1) is 27.3. The molecule has 7 N–H and O–H groups in total. The van der Waals surface area contributed by atoms with Gasteiger partial charge in [0.15, 0.2) is 6.04 Å². The average Bonchev–Trinajstić information content (AvgIpc) is 3.21. The van der Waals surface area contributed by atoms with Gasteiger partial charge in [-0.3, -0.25) is 4.79 Å². The smallest absolute Gasteiger partial charge is 0.408 e. The first-order valence-corrected chi connectivity index (χ1v) is 11.9. The van der Waals surface area contributed by atoms with Crippen LogP contribution in [-0.4, -0.2) is 97.7 Å². The molecular weight excluding hydrogens is 502 g/mol. The maximum Gasteiger partial charge on any atom is 0.408 e. The lowest BCUT2D eigenvalue weighted by atomic mass is 9.80. The van der Waals surface area contributed by atoms with E-state index in [0.717, 1.165) is 10.6 Å². The van der Waals surface area contributed by atoms with Gasteiger partial charge in [0.1, 0.15) is 42.2 Å². The highest BCUT2D eigenvalue weighted by Crippen LogP contribution is 2.33. The Kier molecular flexibility index (Phi) is 8.14. The SMILES string of the molecule is O=C(N[C@@H](Cc1ccc(O)cc1)C(=O)NC1C(=O)ON2C[C@H](O)[C@@](O)(CO)[C@@H](O)[C@H]12)OCc1ccccc1. The van der Waals surface area contributed by atoms with E-state index in [-0.39, 0.29) is 18.8 Å². The van der Waals surface area contributed by atoms with Crippen molar-refractivity contribution >= 4 is 18.0 Å². The predicted octanol–water partition coefficient (Wildman–Crippen LogP) is -1.68. The van der Waals surface area contributed by atoms with Gasteiger partial charge in [-0.2, -0.15) is 0 Å². The van der Waals surface area contributed by atoms with Gasteiger partial charge in [0.05, 0.1) is 13.2 Å². The summed E-state index contributed by atoms with van der Waals surface area (Å²) in [7, 11) is 0. The van der Waals surface area contributed by atoms with Gasteiger partial charge in [-0.15, -0.1) is 5.06 Å². The van der Waals surface area contributed by atoms with E-state index in [1.165, 1.54) is 12.1 Å². The zero-order valence-electron chi connectivity index (χ0n) is 20.1. The monoisotopic (exact) mass is 531 g/mol. The lowest BCUT2D eigenvalue weighted by Gasteiger charge is -2.46. The largest absolute Gasteiger partial charge is 0.508 e. The number of phenols is 1. The number of carbonyl (C=O) groups is 3. The molecule has 2 heterocycles. The van der Waals surface area contributed by atoms with Gasteiger partial charge < -0.3 is 45.7 Å². The van der Waals surface area contributed by atoms with E-state index in [0.29, 0.717) is 5.56 Å². The van der Waals surface area contributed by atoms with Crippen LogP contribution in [0.3, 0.4) is 0 Å². The third-order valence-electron chi connectivity index (χ3n) is 6.65. The fraction of sp³-hybridized carbons (Fsp3) is 0.400. The number of aliphatic hydroxyl groups is 4. The summed E-state index contributed by atoms with van der Waals surface area (Å²) < 4.78 is 5.21. The summed E-state index contributed by atoms with van der Waals surface area (Å²) in [6.45, 7) is -1.48. The molecule has 6 atom stereocenters. The molecule has 204 valence electrons. The maximum atomic E-state index is 13.3. The number of rotatable bonds is 8. The molecule has 2 aromatic rings. The number of benzene rings is 2. The zero-order valence-corrected chi connectivity index (χ0v) is 20.1. The lowest BCUT2D eigenvalue weighted by molar-refractivity contribution is -0.264. The second kappa shape index (κ2) is 11.3. The van der Waals surface area contributed by atoms with E-state index in [9.17, 15) is 39.9 Å². The number of nitrogens with one attached hydrogen (secondary N) is 2. The number of ether oxygens (including phenoxy) is 1. The van der Waals surface area contributed by atoms with Gasteiger partial charge in [-0.25, -0.2) is 9.59 Å². The van der Waals surface area contributed by atoms with Crippen LogP contribution >= 0.6 is 0 Å². The third kappa shape index (κ3) is 5.71. The molecule has 13 heteroatoms. The summed E-state index contributed by atoms with van der Waals surface area (Å²) >= 11 is 0. The third-order valence-corrected chi connectivity index (χ3v) is 6.65. The number of alkyl carbamates (subject to hydrolysis) is 1. The van der Waals surface area contributed by atoms with Gasteiger partial charge in [-0.1, -0.05) is 42.5 Å². The molecule has 2 amide bonds. The van der Waals surface area contributed by atoms with Crippen molar-refractivity contribution in [3.8, 4) is 5.75 Å². The maximum absolute atomic E-state index is 13.3. The fourth-order valence-corrected chi connectivity index (χ4v) is 4.44. The minimum absolute atomic E-state index is 0.00335. The van der Waals surface area contributed by atoms with Crippen molar-refractivity contribution in [1.29, 1.82) is 0 Å². The van der Waals surface area contributed by atoms with E-state index in [1.807, 2.05) is 6.07 Å². The standard InChI is InChI=1S/C25H29N3O10/c29-13-25(36)18(31)11-28-20(21(25)32)19(23(34)38-28)27-22(33)17(10-14-6-8-16(30)9-7-14)26-24(35)37-12-15-4-2-1-3-5-15/h1-9,17-21,29-32,36H,10-13H2,(H,26,35)(H,27,33)/t17-,18-,19?,20-,21-,25-/m0/s1. The van der Waals surface area contributed by atoms with Crippen LogP contribution in [0.25, 0.3) is 0 Å². The highest BCUT2D eigenvalue weighted by molar-refractivity contribution is 5.90. The van der Waals surface area contributed by atoms with E-state index in [1.54, 1.807) is 36.4 Å². The number of nitrogens with zero attached hydrogens (tertiary/aromatic N) is 1. The number of hydrogen-bond donors (Lipinski definition) is 7. The van der Waals surface area contributed by atoms with E-state index in [4.69, 9.17) is 9.57 Å². The van der Waals surface area contributed by atoms with Crippen LogP contribution in [0.15, 0.2) is 54.6 Å². The number of hydrogen-bond acceptors (Lipinski definition) is 11. The molecule has 2 saturated heterocycles. The molecule has 38 heavy (non-hydrogen) atoms. The molecule has 2 fully saturated rings. The summed E-state index contributed by atoms with van der Waals surface area (Å²) in [6, 6.07) is 10.7. The average molecular weight is 532 g/mol. The van der Waals surface area contributed by atoms with E-state index < -0.39 is 67.1 Å². The molecule has 2 aliphatic rings. The Morgan fingerprint density at radius 1 is 1.11 bits per heavy atom. The van der Waals surface area contributed by atoms with Crippen LogP contribution < -0.4 is 10.6 Å². The van der Waals surface area contributed by atoms with Crippen molar-refractivity contribution in [2.24, 2.45) is 0 Å². The number of phenolic OH excluding ortho intramolecular Hbond substituents is 1. The lowest BCUT2D eigenvalue weighted by Crippen LogP contribution is -2.71. The minimum atomic E-state index is -2.36. The normalized spacial score (nSPS) is 27.6. The molecule has 0 aliphatic carbocycles. The van der Waals surface area contributed by atoms with Crippen LogP contribution in [0.1, 0.15) is 11.1 Å². The first-order chi connectivity index (χ1) is 18.1. The number of piperidine rings is 1. The van der Waals surface area contributed by atoms with Gasteiger partial charge in [0, 0.05) is 6.42 Å². The van der Waals surface area contributed by atoms with Gasteiger partial charge in [0.25, 0.3) is 0 Å². The summed E-state index contributed by atoms with van der Waals surface area (Å²) in [6.07, 6.45) is -4.46. The summed E-state index contributed by atoms with van der Waals surface area (Å²) in [5, 5.41) is 56.3. The Labute approximate surface area is 217 Å². The van der Waals surface area contributed by atoms with Crippen LogP contribution in [-0.2, 0) is 32.2 Å². The Morgan fingerprint density at radius 3 is 2.45 bits per heavy atom. The number of aliphatic hydroxyl groups excluding tert-OH is 3. The van der Waals surface area contributed by atoms with Crippen LogP contribution in [0.4, 0.5) is 4.79 Å². The Balaban J connectivity index is 1.49. The van der Waals surface area contributed by atoms with E-state index >= 15 is 0 Å². The number of aromatic hydroxyl groups is 1. The molecule has 0 aromatic heterocycles. The van der Waals surface area contributed by atoms with Crippen molar-refractivity contribution in [2.45, 2.75) is 49.0 Å². The first-order valence-electron chi connectivity index (χ1n) is 11.9. The Morgan fingerprint density at radius 2 is 1.79 bits per heavy atom. The van der Waals surface area contributed by atoms with Crippen LogP contribution in [0.2, 0.25) is 0 Å². The highest BCUT2D eigenvalue weighted by Gasteiger charge is 2.61. The number of amides is 2. The molecule has 0 spiro atoms. The number of carbonyl (C=O) groups excluding carboxylic acids is 3. The Bertz CT molecular complexity index is 1150. The van der Waals surface area contributed by atoms with Gasteiger partial charge in [0.2, 0.25) is 5.91 Å². The van der Waals surface area contributed by atoms with Crippen molar-refractivity contribution in [3.63, 3.8) is 0 Å². The minimum Gasteiger partial charge on any atom is -0.508 e. The van der Waals surface area contributed by atoms with Crippen molar-refractivity contribution in [3.05, 3.63) is 65.7 Å². The molecule has 2 aliphatic heterocycles. The molecule has 2 aromatic carbocycles. The van der Waals surface area contributed by atoms with Gasteiger partial charge >= 0.3 is 12.1 Å². The molecule has 0 bridgehead atoms. The molecule has 0 radical (unpaired) electrons. The molecule has 13 nitrogen and oxygen atoms in total. The van der Waals surface area contributed by atoms with Gasteiger partial charge in [-0.05, 0) is 23.3 Å². The summed E-state index contributed by atoms with van der Waals surface area (Å²) in [4.78, 5) is 43.5. The van der Waals surface area contributed by atoms with Crippen LogP contribution in [0.5, 0.6) is 5.75 Å². The van der Waals surface area contributed by atoms with E-state index in [2.05, 4.69) is 10.6 Å². The quantitative estimate of drug-likeness (QED) is 0.205. The topological polar surface area (TPSA) is 198 Å². The second-order valence-corrected chi connectivity index (χ2v) is 9.23. The summed E-state index contributed by atoms with van der Waals surface area (Å²) in [5.41, 5.74) is -1.07. The number of hydroxylamine groups is 2. The number of fused-ring (bicyclic) bond motifs is 1. The fourth-order valence-electron chi connectivity index (χ4n) is 4.44. The molecule has 1 unspecified atom stereocenters.